The molecule has 5 heteroatoms. The summed E-state index contributed by atoms with van der Waals surface area (Å²) >= 11 is 5.73. The summed E-state index contributed by atoms with van der Waals surface area (Å²) < 4.78 is 5.00. The van der Waals surface area contributed by atoms with Gasteiger partial charge in [0.1, 0.15) is 5.57 Å². The second-order valence-electron chi connectivity index (χ2n) is 4.04. The Kier molecular flexibility index (Phi) is 5.57. The van der Waals surface area contributed by atoms with E-state index in [0.29, 0.717) is 17.0 Å². The molecule has 1 N–H and O–H groups in total. The van der Waals surface area contributed by atoms with Gasteiger partial charge in [-0.1, -0.05) is 30.7 Å². The van der Waals surface area contributed by atoms with Gasteiger partial charge in [-0.25, -0.2) is 9.59 Å². The van der Waals surface area contributed by atoms with Crippen LogP contribution in [0.5, 0.6) is 0 Å². The Morgan fingerprint density at radius 2 is 1.95 bits per heavy atom. The molecule has 1 atom stereocenters. The van der Waals surface area contributed by atoms with Gasteiger partial charge in [-0.15, -0.1) is 0 Å². The molecule has 0 spiro atoms. The number of carboxylic acid groups (broad SMARTS) is 1. The predicted octanol–water partition coefficient (Wildman–Crippen LogP) is 3.15. The molecule has 0 heterocycles. The molecule has 0 amide bonds. The first-order chi connectivity index (χ1) is 8.93. The Morgan fingerprint density at radius 3 is 2.42 bits per heavy atom. The molecule has 0 radical (unpaired) electrons. The van der Waals surface area contributed by atoms with Crippen LogP contribution in [0, 0.1) is 0 Å². The second-order valence-corrected chi connectivity index (χ2v) is 4.48. The lowest BCUT2D eigenvalue weighted by Crippen LogP contribution is -2.20. The summed E-state index contributed by atoms with van der Waals surface area (Å²) in [6.45, 7) is 3.56. The molecular formula is C14H15ClO4. The van der Waals surface area contributed by atoms with Crippen LogP contribution in [0.3, 0.4) is 0 Å². The van der Waals surface area contributed by atoms with Crippen LogP contribution in [0.2, 0.25) is 5.02 Å². The number of carbonyl (C=O) groups is 2. The van der Waals surface area contributed by atoms with Gasteiger partial charge in [0.05, 0.1) is 6.10 Å². The van der Waals surface area contributed by atoms with E-state index in [1.165, 1.54) is 6.08 Å². The molecule has 0 saturated heterocycles. The number of aliphatic carboxylic acids is 1. The minimum absolute atomic E-state index is 0.319. The number of ether oxygens (including phenoxy) is 1. The van der Waals surface area contributed by atoms with Gasteiger partial charge >= 0.3 is 11.9 Å². The third-order valence-electron chi connectivity index (χ3n) is 2.51. The van der Waals surface area contributed by atoms with Gasteiger partial charge in [-0.3, -0.25) is 0 Å². The average Bonchev–Trinajstić information content (AvgIpc) is 2.37. The summed E-state index contributed by atoms with van der Waals surface area (Å²) in [6.07, 6.45) is 1.57. The highest BCUT2D eigenvalue weighted by molar-refractivity contribution is 6.30. The Balaban J connectivity index is 2.97. The minimum Gasteiger partial charge on any atom is -0.477 e. The molecule has 0 aliphatic carbocycles. The van der Waals surface area contributed by atoms with Crippen LogP contribution in [0.25, 0.3) is 6.08 Å². The number of halogens is 1. The van der Waals surface area contributed by atoms with Crippen molar-refractivity contribution in [2.45, 2.75) is 26.4 Å². The Hall–Kier alpha value is -1.81. The zero-order valence-corrected chi connectivity index (χ0v) is 11.5. The zero-order chi connectivity index (χ0) is 14.4. The van der Waals surface area contributed by atoms with Crippen molar-refractivity contribution in [2.75, 3.05) is 0 Å². The van der Waals surface area contributed by atoms with Crippen LogP contribution < -0.4 is 0 Å². The number of esters is 1. The summed E-state index contributed by atoms with van der Waals surface area (Å²) in [5.74, 6) is -2.15. The monoisotopic (exact) mass is 282 g/mol. The van der Waals surface area contributed by atoms with Crippen molar-refractivity contribution in [3.63, 3.8) is 0 Å². The highest BCUT2D eigenvalue weighted by Crippen LogP contribution is 2.14. The van der Waals surface area contributed by atoms with Gasteiger partial charge in [-0.2, -0.15) is 0 Å². The van der Waals surface area contributed by atoms with Gasteiger partial charge in [0.2, 0.25) is 0 Å². The maximum absolute atomic E-state index is 11.7. The Labute approximate surface area is 116 Å². The van der Waals surface area contributed by atoms with E-state index in [-0.39, 0.29) is 6.10 Å². The highest BCUT2D eigenvalue weighted by atomic mass is 35.5. The normalized spacial score (nSPS) is 12.9. The molecule has 1 aromatic carbocycles. The molecule has 0 aliphatic heterocycles. The van der Waals surface area contributed by atoms with Gasteiger partial charge in [0, 0.05) is 5.02 Å². The first-order valence-electron chi connectivity index (χ1n) is 5.85. The summed E-state index contributed by atoms with van der Waals surface area (Å²) in [7, 11) is 0. The predicted molar refractivity (Wildman–Crippen MR) is 72.9 cm³/mol. The summed E-state index contributed by atoms with van der Waals surface area (Å²) in [5, 5.41) is 9.59. The summed E-state index contributed by atoms with van der Waals surface area (Å²) in [5.41, 5.74) is 0.172. The lowest BCUT2D eigenvalue weighted by molar-refractivity contribution is -0.147. The molecule has 1 unspecified atom stereocenters. The Bertz CT molecular complexity index is 491. The van der Waals surface area contributed by atoms with E-state index in [4.69, 9.17) is 21.4 Å². The second kappa shape index (κ2) is 6.95. The zero-order valence-electron chi connectivity index (χ0n) is 10.7. The lowest BCUT2D eigenvalue weighted by atomic mass is 10.1. The van der Waals surface area contributed by atoms with E-state index in [9.17, 15) is 9.59 Å². The maximum atomic E-state index is 11.7. The van der Waals surface area contributed by atoms with Crippen LogP contribution >= 0.6 is 11.6 Å². The molecule has 1 rings (SSSR count). The van der Waals surface area contributed by atoms with Gasteiger partial charge in [-0.05, 0) is 37.1 Å². The number of rotatable bonds is 5. The molecular weight excluding hydrogens is 268 g/mol. The van der Waals surface area contributed by atoms with Gasteiger partial charge < -0.3 is 9.84 Å². The summed E-state index contributed by atoms with van der Waals surface area (Å²) in [6, 6.07) is 6.49. The molecule has 1 aromatic rings. The molecule has 0 saturated carbocycles. The van der Waals surface area contributed by atoms with Crippen LogP contribution in [0.1, 0.15) is 25.8 Å². The maximum Gasteiger partial charge on any atom is 0.345 e. The van der Waals surface area contributed by atoms with Crippen molar-refractivity contribution in [3.8, 4) is 0 Å². The number of hydrogen-bond donors (Lipinski definition) is 1. The Morgan fingerprint density at radius 1 is 1.37 bits per heavy atom. The van der Waals surface area contributed by atoms with E-state index in [2.05, 4.69) is 0 Å². The molecule has 0 fully saturated rings. The topological polar surface area (TPSA) is 63.6 Å². The van der Waals surface area contributed by atoms with Crippen molar-refractivity contribution < 1.29 is 19.4 Å². The standard InChI is InChI=1S/C14H15ClO4/c1-3-9(2)19-14(18)12(13(16)17)8-10-4-6-11(15)7-5-10/h4-9H,3H2,1-2H3,(H,16,17). The third kappa shape index (κ3) is 4.75. The van der Waals surface area contributed by atoms with Crippen molar-refractivity contribution in [1.29, 1.82) is 0 Å². The molecule has 0 aliphatic rings. The largest absolute Gasteiger partial charge is 0.477 e. The van der Waals surface area contributed by atoms with Crippen molar-refractivity contribution in [2.24, 2.45) is 0 Å². The van der Waals surface area contributed by atoms with Gasteiger partial charge in [0.15, 0.2) is 0 Å². The lowest BCUT2D eigenvalue weighted by Gasteiger charge is -2.10. The number of benzene rings is 1. The fourth-order valence-electron chi connectivity index (χ4n) is 1.26. The van der Waals surface area contributed by atoms with E-state index < -0.39 is 17.5 Å². The first-order valence-corrected chi connectivity index (χ1v) is 6.23. The van der Waals surface area contributed by atoms with E-state index >= 15 is 0 Å². The number of carbonyl (C=O) groups excluding carboxylic acids is 1. The summed E-state index contributed by atoms with van der Waals surface area (Å²) in [4.78, 5) is 22.8. The first kappa shape index (κ1) is 15.2. The average molecular weight is 283 g/mol. The van der Waals surface area contributed by atoms with Crippen molar-refractivity contribution in [3.05, 3.63) is 40.4 Å². The molecule has 4 nitrogen and oxygen atoms in total. The number of hydrogen-bond acceptors (Lipinski definition) is 3. The van der Waals surface area contributed by atoms with Crippen molar-refractivity contribution in [1.82, 2.24) is 0 Å². The fraction of sp³-hybridized carbons (Fsp3) is 0.286. The molecule has 0 aromatic heterocycles. The molecule has 102 valence electrons. The fourth-order valence-corrected chi connectivity index (χ4v) is 1.39. The van der Waals surface area contributed by atoms with E-state index in [0.717, 1.165) is 0 Å². The highest BCUT2D eigenvalue weighted by Gasteiger charge is 2.20. The van der Waals surface area contributed by atoms with Crippen molar-refractivity contribution >= 4 is 29.6 Å². The smallest absolute Gasteiger partial charge is 0.345 e. The van der Waals surface area contributed by atoms with Crippen LogP contribution in [0.15, 0.2) is 29.8 Å². The van der Waals surface area contributed by atoms with Crippen LogP contribution in [-0.4, -0.2) is 23.1 Å². The van der Waals surface area contributed by atoms with E-state index in [1.54, 1.807) is 31.2 Å². The third-order valence-corrected chi connectivity index (χ3v) is 2.77. The quantitative estimate of drug-likeness (QED) is 0.390. The minimum atomic E-state index is -1.32. The van der Waals surface area contributed by atoms with Gasteiger partial charge in [0.25, 0.3) is 0 Å². The van der Waals surface area contributed by atoms with Crippen LogP contribution in [-0.2, 0) is 14.3 Å². The van der Waals surface area contributed by atoms with Crippen LogP contribution in [0.4, 0.5) is 0 Å². The van der Waals surface area contributed by atoms with E-state index in [1.807, 2.05) is 6.92 Å². The molecule has 19 heavy (non-hydrogen) atoms. The SMILES string of the molecule is CCC(C)OC(=O)C(=Cc1ccc(Cl)cc1)C(=O)O. The molecule has 0 bridgehead atoms. The number of carboxylic acids is 1.